The Morgan fingerprint density at radius 3 is 2.28 bits per heavy atom. The van der Waals surface area contributed by atoms with Gasteiger partial charge in [-0.15, -0.1) is 0 Å². The van der Waals surface area contributed by atoms with Gasteiger partial charge in [0, 0.05) is 23.7 Å². The van der Waals surface area contributed by atoms with Crippen molar-refractivity contribution in [3.8, 4) is 0 Å². The summed E-state index contributed by atoms with van der Waals surface area (Å²) in [5.41, 5.74) is 3.10. The summed E-state index contributed by atoms with van der Waals surface area (Å²) in [6.07, 6.45) is 2.30. The summed E-state index contributed by atoms with van der Waals surface area (Å²) in [5, 5.41) is 10.6. The van der Waals surface area contributed by atoms with Crippen LogP contribution in [0.5, 0.6) is 0 Å². The number of rotatable bonds is 8. The molecule has 0 saturated heterocycles. The highest BCUT2D eigenvalue weighted by Crippen LogP contribution is 2.12. The molecule has 0 saturated carbocycles. The van der Waals surface area contributed by atoms with E-state index in [1.165, 1.54) is 0 Å². The number of nitrogens with zero attached hydrogens (tertiary/aromatic N) is 2. The van der Waals surface area contributed by atoms with Gasteiger partial charge in [-0.05, 0) is 36.2 Å². The van der Waals surface area contributed by atoms with Gasteiger partial charge in [0.05, 0.1) is 24.0 Å². The van der Waals surface area contributed by atoms with Crippen molar-refractivity contribution in [2.45, 2.75) is 19.9 Å². The number of carbonyl (C=O) groups excluding carboxylic acids is 2. The van der Waals surface area contributed by atoms with Gasteiger partial charge in [-0.2, -0.15) is 5.10 Å². The Morgan fingerprint density at radius 2 is 1.62 bits per heavy atom. The zero-order valence-electron chi connectivity index (χ0n) is 16.2. The van der Waals surface area contributed by atoms with E-state index < -0.39 is 0 Å². The number of amides is 2. The van der Waals surface area contributed by atoms with Gasteiger partial charge in [-0.1, -0.05) is 48.9 Å². The van der Waals surface area contributed by atoms with Crippen molar-refractivity contribution in [1.82, 2.24) is 20.4 Å². The van der Waals surface area contributed by atoms with Crippen molar-refractivity contribution in [3.05, 3.63) is 88.2 Å². The van der Waals surface area contributed by atoms with Crippen molar-refractivity contribution in [3.63, 3.8) is 0 Å². The van der Waals surface area contributed by atoms with E-state index in [0.717, 1.165) is 11.3 Å². The molecule has 0 bridgehead atoms. The molecule has 3 rings (SSSR count). The van der Waals surface area contributed by atoms with Crippen molar-refractivity contribution in [2.75, 3.05) is 13.1 Å². The maximum atomic E-state index is 12.6. The average Bonchev–Trinajstić information content (AvgIpc) is 3.14. The Hall–Kier alpha value is -3.12. The van der Waals surface area contributed by atoms with Crippen LogP contribution in [0.25, 0.3) is 0 Å². The first-order chi connectivity index (χ1) is 14.1. The third kappa shape index (κ3) is 5.45. The lowest BCUT2D eigenvalue weighted by Gasteiger charge is -2.09. The van der Waals surface area contributed by atoms with E-state index in [4.69, 9.17) is 11.6 Å². The van der Waals surface area contributed by atoms with E-state index in [2.05, 4.69) is 15.7 Å². The Bertz CT molecular complexity index is 968. The molecule has 0 spiro atoms. The fourth-order valence-electron chi connectivity index (χ4n) is 3.02. The van der Waals surface area contributed by atoms with Gasteiger partial charge >= 0.3 is 0 Å². The number of carbonyl (C=O) groups is 2. The first kappa shape index (κ1) is 20.6. The topological polar surface area (TPSA) is 76.0 Å². The van der Waals surface area contributed by atoms with Gasteiger partial charge in [-0.3, -0.25) is 14.3 Å². The Morgan fingerprint density at radius 1 is 0.966 bits per heavy atom. The lowest BCUT2D eigenvalue weighted by atomic mass is 10.1. The molecule has 2 aromatic carbocycles. The monoisotopic (exact) mass is 410 g/mol. The molecule has 150 valence electrons. The summed E-state index contributed by atoms with van der Waals surface area (Å²) in [6, 6.07) is 16.6. The summed E-state index contributed by atoms with van der Waals surface area (Å²) >= 11 is 5.82. The maximum Gasteiger partial charge on any atom is 0.254 e. The standard InChI is InChI=1S/C22H23ClN4O2/c1-2-20-19(14-26-27(20)15-16-6-4-3-5-7-16)22(29)25-13-12-24-21(28)17-8-10-18(23)11-9-17/h3-11,14H,2,12-13,15H2,1H3,(H,24,28)(H,25,29). The normalized spacial score (nSPS) is 10.6. The predicted molar refractivity (Wildman–Crippen MR) is 113 cm³/mol. The predicted octanol–water partition coefficient (Wildman–Crippen LogP) is 3.31. The molecule has 1 aromatic heterocycles. The van der Waals surface area contributed by atoms with Crippen LogP contribution in [0.1, 0.15) is 38.9 Å². The summed E-state index contributed by atoms with van der Waals surface area (Å²) in [5.74, 6) is -0.400. The molecule has 0 aliphatic rings. The first-order valence-corrected chi connectivity index (χ1v) is 9.87. The van der Waals surface area contributed by atoms with E-state index in [9.17, 15) is 9.59 Å². The van der Waals surface area contributed by atoms with E-state index in [-0.39, 0.29) is 11.8 Å². The van der Waals surface area contributed by atoms with Crippen molar-refractivity contribution >= 4 is 23.4 Å². The fraction of sp³-hybridized carbons (Fsp3) is 0.227. The van der Waals surface area contributed by atoms with Crippen LogP contribution in [0.2, 0.25) is 5.02 Å². The fourth-order valence-corrected chi connectivity index (χ4v) is 3.14. The second kappa shape index (κ2) is 9.89. The number of halogens is 1. The van der Waals surface area contributed by atoms with E-state index in [1.54, 1.807) is 30.5 Å². The van der Waals surface area contributed by atoms with Crippen molar-refractivity contribution < 1.29 is 9.59 Å². The molecule has 29 heavy (non-hydrogen) atoms. The molecule has 0 aliphatic carbocycles. The summed E-state index contributed by atoms with van der Waals surface area (Å²) in [4.78, 5) is 24.6. The van der Waals surface area contributed by atoms with E-state index in [0.29, 0.717) is 42.2 Å². The summed E-state index contributed by atoms with van der Waals surface area (Å²) < 4.78 is 1.85. The van der Waals surface area contributed by atoms with Gasteiger partial charge in [0.15, 0.2) is 0 Å². The molecule has 7 heteroatoms. The molecule has 0 fully saturated rings. The minimum absolute atomic E-state index is 0.193. The van der Waals surface area contributed by atoms with Crippen molar-refractivity contribution in [2.24, 2.45) is 0 Å². The van der Waals surface area contributed by atoms with E-state index >= 15 is 0 Å². The SMILES string of the molecule is CCc1c(C(=O)NCCNC(=O)c2ccc(Cl)cc2)cnn1Cc1ccccc1. The van der Waals surface area contributed by atoms with Crippen LogP contribution >= 0.6 is 11.6 Å². The zero-order chi connectivity index (χ0) is 20.6. The van der Waals surface area contributed by atoms with Crippen LogP contribution in [0.3, 0.4) is 0 Å². The molecular weight excluding hydrogens is 388 g/mol. The number of benzene rings is 2. The number of aromatic nitrogens is 2. The highest BCUT2D eigenvalue weighted by molar-refractivity contribution is 6.30. The molecular formula is C22H23ClN4O2. The zero-order valence-corrected chi connectivity index (χ0v) is 16.9. The molecule has 3 aromatic rings. The quantitative estimate of drug-likeness (QED) is 0.559. The lowest BCUT2D eigenvalue weighted by Crippen LogP contribution is -2.35. The summed E-state index contributed by atoms with van der Waals surface area (Å²) in [7, 11) is 0. The molecule has 2 N–H and O–H groups in total. The van der Waals surface area contributed by atoms with Gasteiger partial charge < -0.3 is 10.6 Å². The highest BCUT2D eigenvalue weighted by atomic mass is 35.5. The number of nitrogens with one attached hydrogen (secondary N) is 2. The van der Waals surface area contributed by atoms with Crippen molar-refractivity contribution in [1.29, 1.82) is 0 Å². The van der Waals surface area contributed by atoms with Crippen LogP contribution in [0.15, 0.2) is 60.8 Å². The number of hydrogen-bond acceptors (Lipinski definition) is 3. The second-order valence-corrected chi connectivity index (χ2v) is 6.96. The van der Waals surface area contributed by atoms with Gasteiger partial charge in [0.2, 0.25) is 0 Å². The molecule has 0 radical (unpaired) electrons. The minimum Gasteiger partial charge on any atom is -0.350 e. The Kier molecular flexibility index (Phi) is 7.03. The van der Waals surface area contributed by atoms with Crippen LogP contribution in [-0.2, 0) is 13.0 Å². The van der Waals surface area contributed by atoms with Crippen LogP contribution in [0, 0.1) is 0 Å². The first-order valence-electron chi connectivity index (χ1n) is 9.49. The average molecular weight is 411 g/mol. The lowest BCUT2D eigenvalue weighted by molar-refractivity contribution is 0.0927. The molecule has 6 nitrogen and oxygen atoms in total. The van der Waals surface area contributed by atoms with Crippen LogP contribution in [0.4, 0.5) is 0 Å². The third-order valence-electron chi connectivity index (χ3n) is 4.51. The van der Waals surface area contributed by atoms with Crippen LogP contribution in [-0.4, -0.2) is 34.7 Å². The Balaban J connectivity index is 1.53. The largest absolute Gasteiger partial charge is 0.350 e. The number of hydrogen-bond donors (Lipinski definition) is 2. The molecule has 0 atom stereocenters. The molecule has 2 amide bonds. The third-order valence-corrected chi connectivity index (χ3v) is 4.76. The van der Waals surface area contributed by atoms with Gasteiger partial charge in [-0.25, -0.2) is 0 Å². The van der Waals surface area contributed by atoms with Gasteiger partial charge in [0.25, 0.3) is 11.8 Å². The molecule has 0 unspecified atom stereocenters. The second-order valence-electron chi connectivity index (χ2n) is 6.52. The van der Waals surface area contributed by atoms with E-state index in [1.807, 2.05) is 41.9 Å². The smallest absolute Gasteiger partial charge is 0.254 e. The Labute approximate surface area is 174 Å². The molecule has 1 heterocycles. The summed E-state index contributed by atoms with van der Waals surface area (Å²) in [6.45, 7) is 3.27. The van der Waals surface area contributed by atoms with Crippen LogP contribution < -0.4 is 10.6 Å². The van der Waals surface area contributed by atoms with Gasteiger partial charge in [0.1, 0.15) is 0 Å². The minimum atomic E-state index is -0.208. The maximum absolute atomic E-state index is 12.6. The molecule has 0 aliphatic heterocycles. The highest BCUT2D eigenvalue weighted by Gasteiger charge is 2.16.